The zero-order chi connectivity index (χ0) is 11.7. The van der Waals surface area contributed by atoms with Crippen LogP contribution in [0.15, 0.2) is 0 Å². The van der Waals surface area contributed by atoms with E-state index in [0.29, 0.717) is 0 Å². The molecule has 98 valence electrons. The van der Waals surface area contributed by atoms with Gasteiger partial charge in [0.1, 0.15) is 0 Å². The zero-order valence-electron chi connectivity index (χ0n) is 10.9. The smallest absolute Gasteiger partial charge is 0.0205 e. The Morgan fingerprint density at radius 1 is 1.06 bits per heavy atom. The molecule has 3 heteroatoms. The molecule has 0 aromatic carbocycles. The van der Waals surface area contributed by atoms with Gasteiger partial charge in [-0.1, -0.05) is 19.8 Å². The van der Waals surface area contributed by atoms with Crippen molar-refractivity contribution in [2.24, 2.45) is 0 Å². The Morgan fingerprint density at radius 2 is 1.88 bits per heavy atom. The average Bonchev–Trinajstić information content (AvgIpc) is 2.36. The Morgan fingerprint density at radius 3 is 2.76 bits per heavy atom. The van der Waals surface area contributed by atoms with Crippen molar-refractivity contribution in [2.75, 3.05) is 5.75 Å². The maximum atomic E-state index is 4.01. The van der Waals surface area contributed by atoms with Gasteiger partial charge in [-0.3, -0.25) is 0 Å². The largest absolute Gasteiger partial charge is 0.309 e. The van der Waals surface area contributed by atoms with Crippen molar-refractivity contribution in [1.82, 2.24) is 5.32 Å². The van der Waals surface area contributed by atoms with Crippen molar-refractivity contribution in [3.8, 4) is 0 Å². The lowest BCUT2D eigenvalue weighted by molar-refractivity contribution is 0.287. The van der Waals surface area contributed by atoms with Gasteiger partial charge in [-0.25, -0.2) is 0 Å². The van der Waals surface area contributed by atoms with E-state index in [-0.39, 0.29) is 0 Å². The molecule has 2 saturated carbocycles. The fourth-order valence-corrected chi connectivity index (χ4v) is 6.70. The number of nitrogens with one attached hydrogen (secondary N) is 1. The van der Waals surface area contributed by atoms with E-state index >= 15 is 0 Å². The van der Waals surface area contributed by atoms with Crippen LogP contribution in [0.5, 0.6) is 0 Å². The van der Waals surface area contributed by atoms with Gasteiger partial charge in [-0.05, 0) is 37.9 Å². The summed E-state index contributed by atoms with van der Waals surface area (Å²) in [5.41, 5.74) is 0. The summed E-state index contributed by atoms with van der Waals surface area (Å²) in [5.74, 6) is 1.29. The quantitative estimate of drug-likeness (QED) is 0.823. The van der Waals surface area contributed by atoms with Crippen LogP contribution in [-0.4, -0.2) is 33.6 Å². The molecular formula is C14H25NS2. The van der Waals surface area contributed by atoms with Gasteiger partial charge in [0, 0.05) is 27.8 Å². The first-order chi connectivity index (χ1) is 8.36. The van der Waals surface area contributed by atoms with Crippen LogP contribution in [0, 0.1) is 0 Å². The van der Waals surface area contributed by atoms with E-state index in [1.54, 1.807) is 0 Å². The van der Waals surface area contributed by atoms with Gasteiger partial charge >= 0.3 is 0 Å². The predicted molar refractivity (Wildman–Crippen MR) is 80.1 cm³/mol. The summed E-state index contributed by atoms with van der Waals surface area (Å²) in [7, 11) is 0. The third-order valence-electron chi connectivity index (χ3n) is 4.62. The summed E-state index contributed by atoms with van der Waals surface area (Å²) in [4.78, 5) is 0. The second-order valence-electron chi connectivity index (χ2n) is 5.77. The van der Waals surface area contributed by atoms with E-state index in [1.807, 2.05) is 0 Å². The van der Waals surface area contributed by atoms with Crippen molar-refractivity contribution in [1.29, 1.82) is 0 Å². The first-order valence-electron chi connectivity index (χ1n) is 7.40. The number of rotatable bonds is 2. The zero-order valence-corrected chi connectivity index (χ0v) is 12.5. The van der Waals surface area contributed by atoms with Gasteiger partial charge in [0.05, 0.1) is 0 Å². The van der Waals surface area contributed by atoms with Gasteiger partial charge in [0.15, 0.2) is 0 Å². The fourth-order valence-electron chi connectivity index (χ4n) is 3.78. The molecule has 3 aliphatic rings. The van der Waals surface area contributed by atoms with E-state index in [9.17, 15) is 0 Å². The lowest BCUT2D eigenvalue weighted by atomic mass is 9.89. The second-order valence-corrected chi connectivity index (χ2v) is 8.83. The molecule has 0 aromatic rings. The Balaban J connectivity index is 1.60. The Kier molecular flexibility index (Phi) is 4.29. The van der Waals surface area contributed by atoms with E-state index < -0.39 is 0 Å². The molecule has 0 amide bonds. The van der Waals surface area contributed by atoms with Crippen LogP contribution >= 0.6 is 23.5 Å². The topological polar surface area (TPSA) is 12.0 Å². The van der Waals surface area contributed by atoms with E-state index in [2.05, 4.69) is 35.8 Å². The maximum Gasteiger partial charge on any atom is 0.0205 e. The molecule has 1 saturated heterocycles. The minimum absolute atomic E-state index is 0.831. The molecule has 0 aromatic heterocycles. The van der Waals surface area contributed by atoms with Crippen molar-refractivity contribution in [2.45, 2.75) is 79.7 Å². The standard InChI is InChI=1S/C14H25NS2/c1-2-16-10-7-8-14-12(9-10)15-11-5-3-4-6-13(11)17-14/h10-15H,2-9H2,1H3. The van der Waals surface area contributed by atoms with E-state index in [0.717, 1.165) is 27.8 Å². The Labute approximate surface area is 114 Å². The summed E-state index contributed by atoms with van der Waals surface area (Å²) < 4.78 is 0. The molecule has 0 bridgehead atoms. The van der Waals surface area contributed by atoms with Gasteiger partial charge in [-0.15, -0.1) is 0 Å². The summed E-state index contributed by atoms with van der Waals surface area (Å²) >= 11 is 4.54. The second kappa shape index (κ2) is 5.75. The molecule has 0 radical (unpaired) electrons. The predicted octanol–water partition coefficient (Wildman–Crippen LogP) is 3.68. The Hall–Kier alpha value is 0.660. The third kappa shape index (κ3) is 2.82. The van der Waals surface area contributed by atoms with Crippen molar-refractivity contribution >= 4 is 23.5 Å². The van der Waals surface area contributed by atoms with Crippen LogP contribution in [-0.2, 0) is 0 Å². The lowest BCUT2D eigenvalue weighted by Crippen LogP contribution is -2.57. The van der Waals surface area contributed by atoms with Crippen molar-refractivity contribution in [3.63, 3.8) is 0 Å². The molecule has 5 unspecified atom stereocenters. The van der Waals surface area contributed by atoms with Crippen LogP contribution in [0.3, 0.4) is 0 Å². The molecule has 1 heterocycles. The highest BCUT2D eigenvalue weighted by Crippen LogP contribution is 2.43. The van der Waals surface area contributed by atoms with Crippen molar-refractivity contribution < 1.29 is 0 Å². The molecule has 3 fully saturated rings. The highest BCUT2D eigenvalue weighted by molar-refractivity contribution is 8.00. The van der Waals surface area contributed by atoms with Crippen molar-refractivity contribution in [3.05, 3.63) is 0 Å². The minimum Gasteiger partial charge on any atom is -0.309 e. The SMILES string of the molecule is CCSC1CCC2SC3CCCCC3NC2C1. The molecule has 17 heavy (non-hydrogen) atoms. The Bertz CT molecular complexity index is 259. The molecule has 3 rings (SSSR count). The number of thioether (sulfide) groups is 2. The molecular weight excluding hydrogens is 246 g/mol. The van der Waals surface area contributed by atoms with Crippen LogP contribution in [0.1, 0.15) is 51.9 Å². The highest BCUT2D eigenvalue weighted by atomic mass is 32.2. The first kappa shape index (κ1) is 12.7. The monoisotopic (exact) mass is 271 g/mol. The van der Waals surface area contributed by atoms with Crippen LogP contribution in [0.25, 0.3) is 0 Å². The molecule has 5 atom stereocenters. The number of hydrogen-bond acceptors (Lipinski definition) is 3. The lowest BCUT2D eigenvalue weighted by Gasteiger charge is -2.48. The number of hydrogen-bond donors (Lipinski definition) is 1. The average molecular weight is 271 g/mol. The summed E-state index contributed by atoms with van der Waals surface area (Å²) in [5, 5.41) is 6.83. The van der Waals surface area contributed by atoms with Crippen LogP contribution in [0.4, 0.5) is 0 Å². The maximum absolute atomic E-state index is 4.01. The van der Waals surface area contributed by atoms with Gasteiger partial charge in [0.25, 0.3) is 0 Å². The van der Waals surface area contributed by atoms with Crippen LogP contribution in [0.2, 0.25) is 0 Å². The van der Waals surface area contributed by atoms with E-state index in [1.165, 1.54) is 50.7 Å². The molecule has 1 N–H and O–H groups in total. The summed E-state index contributed by atoms with van der Waals surface area (Å²) in [6.07, 6.45) is 10.2. The molecule has 1 nitrogen and oxygen atoms in total. The fraction of sp³-hybridized carbons (Fsp3) is 1.00. The summed E-state index contributed by atoms with van der Waals surface area (Å²) in [6, 6.07) is 1.68. The highest BCUT2D eigenvalue weighted by Gasteiger charge is 2.40. The minimum atomic E-state index is 0.831. The van der Waals surface area contributed by atoms with Gasteiger partial charge < -0.3 is 5.32 Å². The van der Waals surface area contributed by atoms with Gasteiger partial charge in [-0.2, -0.15) is 23.5 Å². The van der Waals surface area contributed by atoms with Crippen LogP contribution < -0.4 is 5.32 Å². The van der Waals surface area contributed by atoms with E-state index in [4.69, 9.17) is 0 Å². The van der Waals surface area contributed by atoms with Gasteiger partial charge in [0.2, 0.25) is 0 Å². The summed E-state index contributed by atoms with van der Waals surface area (Å²) in [6.45, 7) is 2.30. The molecule has 0 spiro atoms. The molecule has 1 aliphatic heterocycles. The molecule has 2 aliphatic carbocycles. The number of fused-ring (bicyclic) bond motifs is 2. The third-order valence-corrected chi connectivity index (χ3v) is 7.68. The first-order valence-corrected chi connectivity index (χ1v) is 9.39. The normalized spacial score (nSPS) is 46.1.